The van der Waals surface area contributed by atoms with Crippen LogP contribution in [0, 0.1) is 0 Å². The second kappa shape index (κ2) is 8.20. The highest BCUT2D eigenvalue weighted by Crippen LogP contribution is 2.33. The van der Waals surface area contributed by atoms with Crippen molar-refractivity contribution in [2.75, 3.05) is 0 Å². The van der Waals surface area contributed by atoms with Crippen LogP contribution >= 0.6 is 0 Å². The molecule has 5 heteroatoms. The number of hydrogen-bond donors (Lipinski definition) is 1. The fourth-order valence-electron chi connectivity index (χ4n) is 2.75. The van der Waals surface area contributed by atoms with Crippen LogP contribution in [-0.4, -0.2) is 12.1 Å². The molecule has 2 nitrogen and oxygen atoms in total. The molecule has 0 radical (unpaired) electrons. The smallest absolute Gasteiger partial charge is 0.349 e. The fourth-order valence-corrected chi connectivity index (χ4v) is 2.75. The van der Waals surface area contributed by atoms with E-state index in [9.17, 15) is 18.0 Å². The zero-order valence-electron chi connectivity index (χ0n) is 13.4. The molecule has 0 saturated heterocycles. The molecule has 1 rings (SSSR count). The molecule has 0 spiro atoms. The second-order valence-electron chi connectivity index (χ2n) is 5.56. The lowest BCUT2D eigenvalue weighted by atomic mass is 9.89. The maximum atomic E-state index is 12.9. The Hall–Kier alpha value is -1.52. The van der Waals surface area contributed by atoms with E-state index in [0.29, 0.717) is 5.56 Å². The molecule has 0 heterocycles. The average Bonchev–Trinajstić information content (AvgIpc) is 2.38. The number of carbonyl (C=O) groups is 1. The molecule has 0 aromatic heterocycles. The van der Waals surface area contributed by atoms with Gasteiger partial charge in [-0.25, -0.2) is 0 Å². The molecule has 0 fully saturated rings. The van der Waals surface area contributed by atoms with Crippen LogP contribution < -0.4 is 5.32 Å². The number of carbonyl (C=O) groups excluding carboxylic acids is 1. The van der Waals surface area contributed by atoms with Gasteiger partial charge in [0.25, 0.3) is 0 Å². The van der Waals surface area contributed by atoms with Gasteiger partial charge in [-0.15, -0.1) is 0 Å². The lowest BCUT2D eigenvalue weighted by Crippen LogP contribution is -2.31. The van der Waals surface area contributed by atoms with Crippen LogP contribution in [0.3, 0.4) is 0 Å². The van der Waals surface area contributed by atoms with Crippen molar-refractivity contribution in [2.24, 2.45) is 0 Å². The van der Waals surface area contributed by atoms with Gasteiger partial charge in [-0.3, -0.25) is 4.79 Å². The molecule has 1 amide bonds. The van der Waals surface area contributed by atoms with Gasteiger partial charge in [0.2, 0.25) is 5.91 Å². The number of nitrogens with one attached hydrogen (secondary N) is 1. The van der Waals surface area contributed by atoms with Crippen molar-refractivity contribution >= 4 is 5.91 Å². The van der Waals surface area contributed by atoms with E-state index in [4.69, 9.17) is 0 Å². The summed E-state index contributed by atoms with van der Waals surface area (Å²) in [7, 11) is 0. The van der Waals surface area contributed by atoms with E-state index in [2.05, 4.69) is 5.32 Å². The van der Waals surface area contributed by atoms with Gasteiger partial charge in [-0.05, 0) is 29.5 Å². The molecule has 0 aliphatic heterocycles. The summed E-state index contributed by atoms with van der Waals surface area (Å²) in [6.07, 6.45) is -2.02. The Morgan fingerprint density at radius 1 is 1.18 bits per heavy atom. The van der Waals surface area contributed by atoms with E-state index in [1.165, 1.54) is 6.92 Å². The number of benzene rings is 1. The zero-order valence-corrected chi connectivity index (χ0v) is 13.4. The molecular weight excluding hydrogens is 291 g/mol. The maximum absolute atomic E-state index is 12.9. The quantitative estimate of drug-likeness (QED) is 0.775. The Bertz CT molecular complexity index is 497. The summed E-state index contributed by atoms with van der Waals surface area (Å²) in [5.41, 5.74) is 2.63. The van der Waals surface area contributed by atoms with E-state index in [1.807, 2.05) is 19.9 Å². The summed E-state index contributed by atoms with van der Waals surface area (Å²) in [5.74, 6) is -0.447. The first-order valence-corrected chi connectivity index (χ1v) is 7.73. The van der Waals surface area contributed by atoms with Crippen LogP contribution in [-0.2, 0) is 17.6 Å². The van der Waals surface area contributed by atoms with E-state index in [-0.39, 0.29) is 0 Å². The molecule has 0 saturated carbocycles. The lowest BCUT2D eigenvalue weighted by Gasteiger charge is -2.24. The minimum absolute atomic E-state index is 0.447. The first kappa shape index (κ1) is 18.5. The summed E-state index contributed by atoms with van der Waals surface area (Å²) in [6.45, 7) is 5.30. The molecule has 0 aliphatic rings. The molecule has 1 N–H and O–H groups in total. The highest BCUT2D eigenvalue weighted by Gasteiger charge is 2.34. The van der Waals surface area contributed by atoms with Gasteiger partial charge in [0.05, 0.1) is 12.5 Å². The first-order valence-electron chi connectivity index (χ1n) is 7.73. The molecular formula is C17H24F3NO. The normalized spacial score (nSPS) is 13.0. The van der Waals surface area contributed by atoms with Crippen molar-refractivity contribution in [3.63, 3.8) is 0 Å². The summed E-state index contributed by atoms with van der Waals surface area (Å²) in [5, 5.41) is 2.46. The minimum Gasteiger partial charge on any atom is -0.349 e. The van der Waals surface area contributed by atoms with Crippen molar-refractivity contribution in [1.29, 1.82) is 0 Å². The third-order valence-electron chi connectivity index (χ3n) is 3.52. The van der Waals surface area contributed by atoms with Gasteiger partial charge in [0.1, 0.15) is 0 Å². The minimum atomic E-state index is -4.32. The predicted octanol–water partition coefficient (Wildman–Crippen LogP) is 4.72. The van der Waals surface area contributed by atoms with E-state index in [1.54, 1.807) is 12.1 Å². The Morgan fingerprint density at radius 3 is 2.32 bits per heavy atom. The van der Waals surface area contributed by atoms with Gasteiger partial charge >= 0.3 is 6.18 Å². The number of aryl methyl sites for hydroxylation is 1. The number of halogens is 3. The molecule has 1 aromatic rings. The molecule has 1 unspecified atom stereocenters. The van der Waals surface area contributed by atoms with E-state index < -0.39 is 24.5 Å². The Kier molecular flexibility index (Phi) is 6.91. The standard InChI is InChI=1S/C17H24F3NO/c1-4-7-13-9-6-10-15(14(13)8-5-2)16(21-12(3)22)11-17(18,19)20/h6,9-10,16H,4-5,7-8,11H2,1-3H3,(H,21,22). The highest BCUT2D eigenvalue weighted by atomic mass is 19.4. The Balaban J connectivity index is 3.26. The van der Waals surface area contributed by atoms with Gasteiger partial charge in [0.15, 0.2) is 0 Å². The first-order chi connectivity index (χ1) is 10.3. The monoisotopic (exact) mass is 315 g/mol. The van der Waals surface area contributed by atoms with Crippen LogP contribution in [0.15, 0.2) is 18.2 Å². The van der Waals surface area contributed by atoms with E-state index in [0.717, 1.165) is 36.8 Å². The summed E-state index contributed by atoms with van der Waals surface area (Å²) < 4.78 is 38.6. The SMILES string of the molecule is CCCc1cccc(C(CC(F)(F)F)NC(C)=O)c1CCC. The van der Waals surface area contributed by atoms with Crippen molar-refractivity contribution < 1.29 is 18.0 Å². The largest absolute Gasteiger partial charge is 0.391 e. The van der Waals surface area contributed by atoms with Gasteiger partial charge in [-0.2, -0.15) is 13.2 Å². The molecule has 22 heavy (non-hydrogen) atoms. The van der Waals surface area contributed by atoms with E-state index >= 15 is 0 Å². The van der Waals surface area contributed by atoms with Crippen molar-refractivity contribution in [3.05, 3.63) is 34.9 Å². The number of rotatable bonds is 7. The Morgan fingerprint density at radius 2 is 1.82 bits per heavy atom. The van der Waals surface area contributed by atoms with Crippen LogP contribution in [0.2, 0.25) is 0 Å². The average molecular weight is 315 g/mol. The third-order valence-corrected chi connectivity index (χ3v) is 3.52. The van der Waals surface area contributed by atoms with Crippen molar-refractivity contribution in [2.45, 2.75) is 65.1 Å². The van der Waals surface area contributed by atoms with Crippen LogP contribution in [0.4, 0.5) is 13.2 Å². The van der Waals surface area contributed by atoms with Crippen LogP contribution in [0.1, 0.15) is 62.8 Å². The Labute approximate surface area is 130 Å². The van der Waals surface area contributed by atoms with Crippen LogP contribution in [0.25, 0.3) is 0 Å². The number of alkyl halides is 3. The summed E-state index contributed by atoms with van der Waals surface area (Å²) >= 11 is 0. The maximum Gasteiger partial charge on any atom is 0.391 e. The summed E-state index contributed by atoms with van der Waals surface area (Å²) in [4.78, 5) is 11.3. The fraction of sp³-hybridized carbons (Fsp3) is 0.588. The van der Waals surface area contributed by atoms with Crippen molar-refractivity contribution in [3.8, 4) is 0 Å². The topological polar surface area (TPSA) is 29.1 Å². The molecule has 124 valence electrons. The lowest BCUT2D eigenvalue weighted by molar-refractivity contribution is -0.142. The number of amides is 1. The molecule has 1 atom stereocenters. The third kappa shape index (κ3) is 5.70. The van der Waals surface area contributed by atoms with Gasteiger partial charge < -0.3 is 5.32 Å². The zero-order chi connectivity index (χ0) is 16.8. The molecule has 0 bridgehead atoms. The molecule has 1 aromatic carbocycles. The second-order valence-corrected chi connectivity index (χ2v) is 5.56. The van der Waals surface area contributed by atoms with Gasteiger partial charge in [0, 0.05) is 6.92 Å². The summed E-state index contributed by atoms with van der Waals surface area (Å²) in [6, 6.07) is 4.44. The van der Waals surface area contributed by atoms with Gasteiger partial charge in [-0.1, -0.05) is 44.9 Å². The van der Waals surface area contributed by atoms with Crippen LogP contribution in [0.5, 0.6) is 0 Å². The predicted molar refractivity (Wildman–Crippen MR) is 81.7 cm³/mol. The number of hydrogen-bond acceptors (Lipinski definition) is 1. The van der Waals surface area contributed by atoms with Crippen molar-refractivity contribution in [1.82, 2.24) is 5.32 Å². The highest BCUT2D eigenvalue weighted by molar-refractivity contribution is 5.73. The molecule has 0 aliphatic carbocycles.